The monoisotopic (exact) mass is 265 g/mol. The van der Waals surface area contributed by atoms with Crippen LogP contribution in [0, 0.1) is 0 Å². The van der Waals surface area contributed by atoms with Gasteiger partial charge in [-0.05, 0) is 26.2 Å². The lowest BCUT2D eigenvalue weighted by atomic mass is 10.0. The number of nitrogens with one attached hydrogen (secondary N) is 2. The van der Waals surface area contributed by atoms with Gasteiger partial charge in [-0.25, -0.2) is 0 Å². The number of aromatic nitrogens is 3. The quantitative estimate of drug-likeness (QED) is 0.823. The third-order valence-electron chi connectivity index (χ3n) is 3.45. The lowest BCUT2D eigenvalue weighted by Gasteiger charge is -2.25. The molecular formula is C13H23N5O. The van der Waals surface area contributed by atoms with Gasteiger partial charge >= 0.3 is 6.01 Å². The van der Waals surface area contributed by atoms with E-state index >= 15 is 0 Å². The van der Waals surface area contributed by atoms with Crippen molar-refractivity contribution in [2.24, 2.45) is 0 Å². The van der Waals surface area contributed by atoms with Crippen molar-refractivity contribution in [3.05, 3.63) is 0 Å². The molecule has 6 nitrogen and oxygen atoms in total. The molecule has 0 saturated heterocycles. The Morgan fingerprint density at radius 2 is 1.84 bits per heavy atom. The summed E-state index contributed by atoms with van der Waals surface area (Å²) >= 11 is 0. The summed E-state index contributed by atoms with van der Waals surface area (Å²) in [4.78, 5) is 12.9. The Morgan fingerprint density at radius 1 is 1.16 bits per heavy atom. The maximum absolute atomic E-state index is 5.13. The molecule has 106 valence electrons. The van der Waals surface area contributed by atoms with Gasteiger partial charge in [-0.15, -0.1) is 0 Å². The Kier molecular flexibility index (Phi) is 4.39. The van der Waals surface area contributed by atoms with E-state index in [4.69, 9.17) is 4.74 Å². The Labute approximate surface area is 114 Å². The molecule has 1 aliphatic carbocycles. The van der Waals surface area contributed by atoms with E-state index in [1.165, 1.54) is 12.8 Å². The van der Waals surface area contributed by atoms with E-state index in [0.29, 0.717) is 17.9 Å². The molecule has 1 saturated carbocycles. The number of rotatable bonds is 6. The molecule has 0 spiro atoms. The molecule has 0 amide bonds. The molecular weight excluding hydrogens is 242 g/mol. The smallest absolute Gasteiger partial charge is 0.322 e. The van der Waals surface area contributed by atoms with Crippen molar-refractivity contribution in [2.45, 2.75) is 51.5 Å². The van der Waals surface area contributed by atoms with E-state index < -0.39 is 0 Å². The van der Waals surface area contributed by atoms with Crippen LogP contribution in [-0.2, 0) is 0 Å². The largest absolute Gasteiger partial charge is 0.467 e. The maximum atomic E-state index is 5.13. The van der Waals surface area contributed by atoms with E-state index in [9.17, 15) is 0 Å². The Balaban J connectivity index is 2.14. The number of nitrogens with zero attached hydrogens (tertiary/aromatic N) is 3. The standard InChI is InChI=1S/C13H23N5O/c1-4-9-14-10-15-11(17-12(16-10)19-3)18-13(2)7-5-6-8-13/h4-9H2,1-3H3,(H2,14,15,16,17,18). The van der Waals surface area contributed by atoms with E-state index in [1.807, 2.05) is 0 Å². The van der Waals surface area contributed by atoms with Gasteiger partial charge in [0.15, 0.2) is 0 Å². The highest BCUT2D eigenvalue weighted by molar-refractivity contribution is 5.38. The molecule has 0 aromatic carbocycles. The van der Waals surface area contributed by atoms with Crippen LogP contribution in [0.25, 0.3) is 0 Å². The third-order valence-corrected chi connectivity index (χ3v) is 3.45. The zero-order valence-electron chi connectivity index (χ0n) is 12.0. The van der Waals surface area contributed by atoms with Gasteiger partial charge in [-0.2, -0.15) is 15.0 Å². The number of anilines is 2. The first-order chi connectivity index (χ1) is 9.15. The van der Waals surface area contributed by atoms with Gasteiger partial charge in [-0.3, -0.25) is 0 Å². The van der Waals surface area contributed by atoms with Gasteiger partial charge in [0, 0.05) is 12.1 Å². The highest BCUT2D eigenvalue weighted by atomic mass is 16.5. The minimum Gasteiger partial charge on any atom is -0.467 e. The fourth-order valence-electron chi connectivity index (χ4n) is 2.37. The molecule has 2 N–H and O–H groups in total. The molecule has 0 atom stereocenters. The maximum Gasteiger partial charge on any atom is 0.322 e. The summed E-state index contributed by atoms with van der Waals surface area (Å²) in [6, 6.07) is 0.345. The first-order valence-electron chi connectivity index (χ1n) is 6.97. The second kappa shape index (κ2) is 6.04. The Hall–Kier alpha value is -1.59. The Morgan fingerprint density at radius 3 is 2.47 bits per heavy atom. The summed E-state index contributed by atoms with van der Waals surface area (Å²) in [5.41, 5.74) is 0.0917. The lowest BCUT2D eigenvalue weighted by Crippen LogP contribution is -2.32. The predicted molar refractivity (Wildman–Crippen MR) is 75.7 cm³/mol. The van der Waals surface area contributed by atoms with Gasteiger partial charge in [0.1, 0.15) is 0 Å². The number of methoxy groups -OCH3 is 1. The number of ether oxygens (including phenoxy) is 1. The summed E-state index contributed by atoms with van der Waals surface area (Å²) in [5.74, 6) is 1.16. The molecule has 1 fully saturated rings. The third kappa shape index (κ3) is 3.68. The van der Waals surface area contributed by atoms with Gasteiger partial charge in [0.2, 0.25) is 11.9 Å². The molecule has 1 heterocycles. The number of hydrogen-bond acceptors (Lipinski definition) is 6. The van der Waals surface area contributed by atoms with Crippen LogP contribution in [0.15, 0.2) is 0 Å². The van der Waals surface area contributed by atoms with Crippen molar-refractivity contribution in [3.8, 4) is 6.01 Å². The first kappa shape index (κ1) is 13.8. The second-order valence-electron chi connectivity index (χ2n) is 5.29. The van der Waals surface area contributed by atoms with Crippen molar-refractivity contribution >= 4 is 11.9 Å². The van der Waals surface area contributed by atoms with Crippen LogP contribution < -0.4 is 15.4 Å². The van der Waals surface area contributed by atoms with Crippen molar-refractivity contribution in [1.29, 1.82) is 0 Å². The van der Waals surface area contributed by atoms with Crippen LogP contribution in [0.3, 0.4) is 0 Å². The predicted octanol–water partition coefficient (Wildman–Crippen LogP) is 2.45. The fourth-order valence-corrected chi connectivity index (χ4v) is 2.37. The zero-order chi connectivity index (χ0) is 13.7. The lowest BCUT2D eigenvalue weighted by molar-refractivity contribution is 0.378. The normalized spacial score (nSPS) is 17.2. The van der Waals surface area contributed by atoms with Gasteiger partial charge < -0.3 is 15.4 Å². The highest BCUT2D eigenvalue weighted by Gasteiger charge is 2.29. The van der Waals surface area contributed by atoms with Crippen molar-refractivity contribution in [3.63, 3.8) is 0 Å². The van der Waals surface area contributed by atoms with Crippen LogP contribution in [-0.4, -0.2) is 34.1 Å². The van der Waals surface area contributed by atoms with Crippen molar-refractivity contribution < 1.29 is 4.74 Å². The van der Waals surface area contributed by atoms with Crippen molar-refractivity contribution in [2.75, 3.05) is 24.3 Å². The highest BCUT2D eigenvalue weighted by Crippen LogP contribution is 2.31. The van der Waals surface area contributed by atoms with Crippen LogP contribution >= 0.6 is 0 Å². The van der Waals surface area contributed by atoms with Crippen LogP contribution in [0.1, 0.15) is 46.0 Å². The van der Waals surface area contributed by atoms with Crippen LogP contribution in [0.5, 0.6) is 6.01 Å². The van der Waals surface area contributed by atoms with Gasteiger partial charge in [-0.1, -0.05) is 19.8 Å². The summed E-state index contributed by atoms with van der Waals surface area (Å²) in [6.45, 7) is 5.16. The summed E-state index contributed by atoms with van der Waals surface area (Å²) in [7, 11) is 1.57. The van der Waals surface area contributed by atoms with E-state index in [-0.39, 0.29) is 5.54 Å². The van der Waals surface area contributed by atoms with Gasteiger partial charge in [0.25, 0.3) is 0 Å². The minimum atomic E-state index is 0.0917. The SMILES string of the molecule is CCCNc1nc(NC2(C)CCCC2)nc(OC)n1. The average molecular weight is 265 g/mol. The topological polar surface area (TPSA) is 72.0 Å². The minimum absolute atomic E-state index is 0.0917. The molecule has 2 rings (SSSR count). The molecule has 0 radical (unpaired) electrons. The molecule has 0 bridgehead atoms. The molecule has 6 heteroatoms. The van der Waals surface area contributed by atoms with E-state index in [0.717, 1.165) is 25.8 Å². The average Bonchev–Trinajstić information content (AvgIpc) is 2.82. The molecule has 1 aromatic rings. The number of hydrogen-bond donors (Lipinski definition) is 2. The van der Waals surface area contributed by atoms with Crippen molar-refractivity contribution in [1.82, 2.24) is 15.0 Å². The van der Waals surface area contributed by atoms with Crippen LogP contribution in [0.2, 0.25) is 0 Å². The summed E-state index contributed by atoms with van der Waals surface area (Å²) in [6.07, 6.45) is 5.84. The van der Waals surface area contributed by atoms with E-state index in [1.54, 1.807) is 7.11 Å². The molecule has 1 aliphatic rings. The molecule has 0 aliphatic heterocycles. The Bertz CT molecular complexity index is 417. The summed E-state index contributed by atoms with van der Waals surface area (Å²) < 4.78 is 5.13. The fraction of sp³-hybridized carbons (Fsp3) is 0.769. The molecule has 1 aromatic heterocycles. The van der Waals surface area contributed by atoms with Gasteiger partial charge in [0.05, 0.1) is 7.11 Å². The molecule has 19 heavy (non-hydrogen) atoms. The molecule has 0 unspecified atom stereocenters. The summed E-state index contributed by atoms with van der Waals surface area (Å²) in [5, 5.41) is 6.59. The zero-order valence-corrected chi connectivity index (χ0v) is 12.0. The first-order valence-corrected chi connectivity index (χ1v) is 6.97. The van der Waals surface area contributed by atoms with Crippen LogP contribution in [0.4, 0.5) is 11.9 Å². The van der Waals surface area contributed by atoms with E-state index in [2.05, 4.69) is 39.4 Å². The second-order valence-corrected chi connectivity index (χ2v) is 5.29.